The minimum Gasteiger partial charge on any atom is -0.463 e. The molecule has 3 amide bonds. The summed E-state index contributed by atoms with van der Waals surface area (Å²) in [5, 5.41) is 7.77. The number of nitrogens with one attached hydrogen (secondary N) is 3. The van der Waals surface area contributed by atoms with Crippen molar-refractivity contribution in [2.75, 3.05) is 112 Å². The molecular formula is C47H85N3O16. The molecule has 0 atom stereocenters. The molecule has 3 aliphatic rings. The van der Waals surface area contributed by atoms with Gasteiger partial charge in [-0.2, -0.15) is 0 Å². The molecule has 384 valence electrons. The third-order valence-corrected chi connectivity index (χ3v) is 12.7. The van der Waals surface area contributed by atoms with Gasteiger partial charge in [0, 0.05) is 6.54 Å². The van der Waals surface area contributed by atoms with E-state index in [1.165, 1.54) is 0 Å². The first-order valence-electron chi connectivity index (χ1n) is 23.6. The molecular weight excluding hydrogens is 863 g/mol. The van der Waals surface area contributed by atoms with Crippen molar-refractivity contribution in [2.24, 2.45) is 32.5 Å². The summed E-state index contributed by atoms with van der Waals surface area (Å²) in [7, 11) is 0. The lowest BCUT2D eigenvalue weighted by Gasteiger charge is -2.39. The molecule has 3 rings (SSSR count). The molecule has 3 heterocycles. The Balaban J connectivity index is 0.000000497. The summed E-state index contributed by atoms with van der Waals surface area (Å²) in [4.78, 5) is 69.8. The minimum atomic E-state index is -0.488. The van der Waals surface area contributed by atoms with E-state index in [2.05, 4.69) is 36.7 Å². The summed E-state index contributed by atoms with van der Waals surface area (Å²) in [6.45, 7) is 30.0. The monoisotopic (exact) mass is 948 g/mol. The molecule has 3 N–H and O–H groups in total. The van der Waals surface area contributed by atoms with Crippen molar-refractivity contribution in [3.63, 3.8) is 0 Å². The highest BCUT2D eigenvalue weighted by atomic mass is 16.6. The fourth-order valence-corrected chi connectivity index (χ4v) is 5.28. The quantitative estimate of drug-likeness (QED) is 0.0461. The molecule has 0 aromatic carbocycles. The molecule has 3 aliphatic heterocycles. The number of esters is 3. The van der Waals surface area contributed by atoms with Crippen LogP contribution in [0, 0.1) is 32.5 Å². The highest BCUT2D eigenvalue weighted by Crippen LogP contribution is 2.33. The van der Waals surface area contributed by atoms with Crippen LogP contribution in [0.2, 0.25) is 0 Å². The molecule has 66 heavy (non-hydrogen) atoms. The van der Waals surface area contributed by atoms with Crippen molar-refractivity contribution in [3.8, 4) is 0 Å². The van der Waals surface area contributed by atoms with Crippen LogP contribution in [-0.2, 0) is 61.8 Å². The molecule has 0 radical (unpaired) electrons. The lowest BCUT2D eigenvalue weighted by atomic mass is 9.84. The standard InChI is InChI=1S/C17H31NO6.2C15H27NO5/c1-5-16(3,4)14(19)23-10-9-21-8-7-18-15(20)24-13-17(6-2)11-22-12-17;2*1-5-14(3,4)12(17)20-8-7-16-13(18)21-11-15(6-2)9-19-10-15/h5-13H2,1-4H3,(H,18,20);2*5-11H2,1-4H3,(H,16,18). The lowest BCUT2D eigenvalue weighted by Crippen LogP contribution is -2.47. The minimum absolute atomic E-state index is 0.00994. The zero-order valence-electron chi connectivity index (χ0n) is 42.3. The van der Waals surface area contributed by atoms with Gasteiger partial charge in [-0.05, 0) is 80.1 Å². The van der Waals surface area contributed by atoms with Gasteiger partial charge in [-0.25, -0.2) is 14.4 Å². The van der Waals surface area contributed by atoms with E-state index >= 15 is 0 Å². The van der Waals surface area contributed by atoms with Crippen LogP contribution in [-0.4, -0.2) is 148 Å². The van der Waals surface area contributed by atoms with E-state index in [4.69, 9.17) is 47.4 Å². The fraction of sp³-hybridized carbons (Fsp3) is 0.872. The van der Waals surface area contributed by atoms with Crippen LogP contribution in [0.5, 0.6) is 0 Å². The average Bonchev–Trinajstić information content (AvgIpc) is 3.25. The van der Waals surface area contributed by atoms with Crippen LogP contribution in [0.4, 0.5) is 14.4 Å². The van der Waals surface area contributed by atoms with Gasteiger partial charge in [0.1, 0.15) is 39.6 Å². The number of carbonyl (C=O) groups excluding carboxylic acids is 6. The second-order valence-electron chi connectivity index (χ2n) is 19.3. The Morgan fingerprint density at radius 1 is 0.409 bits per heavy atom. The van der Waals surface area contributed by atoms with E-state index in [-0.39, 0.29) is 67.1 Å². The molecule has 19 heteroatoms. The number of carbonyl (C=O) groups is 6. The van der Waals surface area contributed by atoms with Gasteiger partial charge in [-0.1, -0.05) is 41.5 Å². The molecule has 19 nitrogen and oxygen atoms in total. The topological polar surface area (TPSA) is 231 Å². The Labute approximate surface area is 393 Å². The maximum atomic E-state index is 11.7. The van der Waals surface area contributed by atoms with Crippen molar-refractivity contribution in [1.82, 2.24) is 16.0 Å². The largest absolute Gasteiger partial charge is 0.463 e. The van der Waals surface area contributed by atoms with Gasteiger partial charge in [-0.15, -0.1) is 0 Å². The van der Waals surface area contributed by atoms with Crippen LogP contribution in [0.25, 0.3) is 0 Å². The van der Waals surface area contributed by atoms with Crippen molar-refractivity contribution in [3.05, 3.63) is 0 Å². The summed E-state index contributed by atoms with van der Waals surface area (Å²) >= 11 is 0. The van der Waals surface area contributed by atoms with E-state index in [1.807, 2.05) is 62.3 Å². The van der Waals surface area contributed by atoms with Gasteiger partial charge in [0.15, 0.2) is 0 Å². The predicted octanol–water partition coefficient (Wildman–Crippen LogP) is 6.37. The van der Waals surface area contributed by atoms with Crippen LogP contribution in [0.15, 0.2) is 0 Å². The molecule has 0 aromatic rings. The molecule has 0 aromatic heterocycles. The summed E-state index contributed by atoms with van der Waals surface area (Å²) in [5.74, 6) is -0.728. The van der Waals surface area contributed by atoms with Crippen molar-refractivity contribution >= 4 is 36.2 Å². The maximum Gasteiger partial charge on any atom is 0.407 e. The Morgan fingerprint density at radius 3 is 0.924 bits per heavy atom. The fourth-order valence-electron chi connectivity index (χ4n) is 5.28. The highest BCUT2D eigenvalue weighted by Gasteiger charge is 2.40. The third kappa shape index (κ3) is 21.8. The predicted molar refractivity (Wildman–Crippen MR) is 245 cm³/mol. The van der Waals surface area contributed by atoms with Gasteiger partial charge in [0.25, 0.3) is 0 Å². The van der Waals surface area contributed by atoms with Gasteiger partial charge in [0.05, 0.1) is 98.4 Å². The smallest absolute Gasteiger partial charge is 0.407 e. The molecule has 3 saturated heterocycles. The number of rotatable bonds is 27. The number of amides is 3. The maximum absolute atomic E-state index is 11.7. The summed E-state index contributed by atoms with van der Waals surface area (Å²) < 4.78 is 51.7. The number of alkyl carbamates (subject to hydrolysis) is 3. The molecule has 0 spiro atoms. The highest BCUT2D eigenvalue weighted by molar-refractivity contribution is 5.76. The Kier molecular flexibility index (Phi) is 27.1. The molecule has 0 saturated carbocycles. The summed E-state index contributed by atoms with van der Waals surface area (Å²) in [5.41, 5.74) is -1.49. The Hall–Kier alpha value is -3.94. The first-order chi connectivity index (χ1) is 31.1. The summed E-state index contributed by atoms with van der Waals surface area (Å²) in [6.07, 6.45) is 3.50. The van der Waals surface area contributed by atoms with E-state index in [1.54, 1.807) is 0 Å². The zero-order chi connectivity index (χ0) is 49.9. The van der Waals surface area contributed by atoms with E-state index in [9.17, 15) is 28.8 Å². The zero-order valence-corrected chi connectivity index (χ0v) is 42.3. The van der Waals surface area contributed by atoms with E-state index in [0.717, 1.165) is 25.7 Å². The Morgan fingerprint density at radius 2 is 0.682 bits per heavy atom. The number of hydrogen-bond donors (Lipinski definition) is 3. The molecule has 0 unspecified atom stereocenters. The van der Waals surface area contributed by atoms with Gasteiger partial charge < -0.3 is 63.3 Å². The summed E-state index contributed by atoms with van der Waals surface area (Å²) in [6, 6.07) is 0. The van der Waals surface area contributed by atoms with E-state index in [0.29, 0.717) is 92.1 Å². The second kappa shape index (κ2) is 29.7. The van der Waals surface area contributed by atoms with Crippen LogP contribution < -0.4 is 16.0 Å². The van der Waals surface area contributed by atoms with Crippen molar-refractivity contribution < 1.29 is 76.1 Å². The molecule has 3 fully saturated rings. The van der Waals surface area contributed by atoms with Gasteiger partial charge >= 0.3 is 36.2 Å². The number of ether oxygens (including phenoxy) is 10. The first kappa shape index (κ1) is 60.1. The third-order valence-electron chi connectivity index (χ3n) is 12.7. The lowest BCUT2D eigenvalue weighted by molar-refractivity contribution is -0.156. The van der Waals surface area contributed by atoms with Gasteiger partial charge in [0.2, 0.25) is 0 Å². The normalized spacial score (nSPS) is 16.5. The SMILES string of the molecule is CCC1(COC(=O)NCCOC(=O)C(C)(C)CC)COC1.CCC1(COC(=O)NCCOC(=O)C(C)(C)CC)COC1.CCC1(COC(=O)NCCOCCOC(=O)C(C)(C)CC)COC1. The van der Waals surface area contributed by atoms with E-state index < -0.39 is 34.5 Å². The van der Waals surface area contributed by atoms with Crippen LogP contribution >= 0.6 is 0 Å². The number of hydrogen-bond acceptors (Lipinski definition) is 16. The average molecular weight is 948 g/mol. The molecule has 0 aliphatic carbocycles. The van der Waals surface area contributed by atoms with Crippen molar-refractivity contribution in [1.29, 1.82) is 0 Å². The first-order valence-corrected chi connectivity index (χ1v) is 23.6. The molecule has 0 bridgehead atoms. The Bertz CT molecular complexity index is 1390. The second-order valence-corrected chi connectivity index (χ2v) is 19.3. The van der Waals surface area contributed by atoms with Crippen LogP contribution in [0.3, 0.4) is 0 Å². The van der Waals surface area contributed by atoms with Gasteiger partial charge in [-0.3, -0.25) is 14.4 Å². The van der Waals surface area contributed by atoms with Crippen LogP contribution in [0.1, 0.15) is 122 Å². The van der Waals surface area contributed by atoms with Crippen molar-refractivity contribution in [2.45, 2.75) is 122 Å².